The van der Waals surface area contributed by atoms with Gasteiger partial charge in [-0.15, -0.1) is 0 Å². The second-order valence-electron chi connectivity index (χ2n) is 4.63. The molecule has 0 aromatic heterocycles. The van der Waals surface area contributed by atoms with Crippen LogP contribution in [0.4, 0.5) is 5.69 Å². The maximum atomic E-state index is 12.2. The van der Waals surface area contributed by atoms with Gasteiger partial charge in [0.1, 0.15) is 5.41 Å². The van der Waals surface area contributed by atoms with E-state index in [2.05, 4.69) is 0 Å². The molecule has 0 fully saturated rings. The number of amides is 1. The summed E-state index contributed by atoms with van der Waals surface area (Å²) in [6.45, 7) is 7.75. The van der Waals surface area contributed by atoms with Crippen LogP contribution in [0, 0.1) is 23.7 Å². The zero-order chi connectivity index (χ0) is 13.1. The van der Waals surface area contributed by atoms with Crippen LogP contribution in [0.2, 0.25) is 0 Å². The minimum Gasteiger partial charge on any atom is -0.311 e. The van der Waals surface area contributed by atoms with Crippen molar-refractivity contribution in [3.05, 3.63) is 29.8 Å². The number of hydrogen-bond acceptors (Lipinski definition) is 2. The number of hydrogen-bond donors (Lipinski definition) is 0. The van der Waals surface area contributed by atoms with Crippen molar-refractivity contribution in [2.75, 3.05) is 11.4 Å². The van der Waals surface area contributed by atoms with Crippen LogP contribution in [0.5, 0.6) is 0 Å². The molecule has 1 aromatic carbocycles. The summed E-state index contributed by atoms with van der Waals surface area (Å²) in [4.78, 5) is 13.9. The molecule has 0 radical (unpaired) electrons. The summed E-state index contributed by atoms with van der Waals surface area (Å²) in [6.07, 6.45) is 0. The van der Waals surface area contributed by atoms with E-state index in [-0.39, 0.29) is 5.91 Å². The van der Waals surface area contributed by atoms with Crippen LogP contribution in [-0.2, 0) is 4.79 Å². The highest BCUT2D eigenvalue weighted by Crippen LogP contribution is 2.23. The third-order valence-corrected chi connectivity index (χ3v) is 2.69. The van der Waals surface area contributed by atoms with Crippen LogP contribution < -0.4 is 4.90 Å². The minimum atomic E-state index is -0.986. The summed E-state index contributed by atoms with van der Waals surface area (Å²) >= 11 is 0. The quantitative estimate of drug-likeness (QED) is 0.801. The number of aryl methyl sites for hydroxylation is 1. The van der Waals surface area contributed by atoms with E-state index < -0.39 is 5.41 Å². The van der Waals surface area contributed by atoms with Crippen molar-refractivity contribution in [1.29, 1.82) is 5.26 Å². The Morgan fingerprint density at radius 3 is 2.59 bits per heavy atom. The number of carbonyl (C=O) groups excluding carboxylic acids is 1. The van der Waals surface area contributed by atoms with Crippen molar-refractivity contribution in [2.24, 2.45) is 5.41 Å². The molecular formula is C14H18N2O. The lowest BCUT2D eigenvalue weighted by atomic mass is 9.93. The highest BCUT2D eigenvalue weighted by atomic mass is 16.2. The van der Waals surface area contributed by atoms with Gasteiger partial charge in [0.25, 0.3) is 0 Å². The van der Waals surface area contributed by atoms with Gasteiger partial charge in [-0.1, -0.05) is 12.1 Å². The molecule has 0 heterocycles. The molecule has 17 heavy (non-hydrogen) atoms. The maximum Gasteiger partial charge on any atom is 0.246 e. The largest absolute Gasteiger partial charge is 0.311 e. The van der Waals surface area contributed by atoms with Gasteiger partial charge in [0.05, 0.1) is 6.07 Å². The topological polar surface area (TPSA) is 44.1 Å². The maximum absolute atomic E-state index is 12.2. The minimum absolute atomic E-state index is 0.159. The van der Waals surface area contributed by atoms with Gasteiger partial charge in [0, 0.05) is 12.2 Å². The van der Waals surface area contributed by atoms with Crippen LogP contribution in [0.1, 0.15) is 26.3 Å². The highest BCUT2D eigenvalue weighted by molar-refractivity contribution is 5.98. The molecule has 0 unspecified atom stereocenters. The predicted molar refractivity (Wildman–Crippen MR) is 68.6 cm³/mol. The Morgan fingerprint density at radius 2 is 2.12 bits per heavy atom. The first-order valence-electron chi connectivity index (χ1n) is 5.72. The molecule has 0 atom stereocenters. The van der Waals surface area contributed by atoms with E-state index in [1.165, 1.54) is 0 Å². The van der Waals surface area contributed by atoms with E-state index in [1.807, 2.05) is 44.2 Å². The third kappa shape index (κ3) is 2.85. The predicted octanol–water partition coefficient (Wildman–Crippen LogP) is 2.90. The number of nitrogens with zero attached hydrogens (tertiary/aromatic N) is 2. The lowest BCUT2D eigenvalue weighted by Crippen LogP contribution is -2.40. The van der Waals surface area contributed by atoms with E-state index in [4.69, 9.17) is 5.26 Å². The Hall–Kier alpha value is -1.82. The Kier molecular flexibility index (Phi) is 3.90. The average molecular weight is 230 g/mol. The first-order valence-corrected chi connectivity index (χ1v) is 5.72. The summed E-state index contributed by atoms with van der Waals surface area (Å²) in [5.74, 6) is -0.159. The fourth-order valence-electron chi connectivity index (χ4n) is 1.62. The van der Waals surface area contributed by atoms with Crippen molar-refractivity contribution in [3.63, 3.8) is 0 Å². The van der Waals surface area contributed by atoms with E-state index >= 15 is 0 Å². The van der Waals surface area contributed by atoms with E-state index in [0.717, 1.165) is 11.3 Å². The first-order chi connectivity index (χ1) is 7.92. The molecule has 3 heteroatoms. The number of benzene rings is 1. The molecule has 1 aromatic rings. The Balaban J connectivity index is 3.10. The lowest BCUT2D eigenvalue weighted by molar-refractivity contribution is -0.124. The second-order valence-corrected chi connectivity index (χ2v) is 4.63. The second kappa shape index (κ2) is 5.01. The lowest BCUT2D eigenvalue weighted by Gasteiger charge is -2.27. The molecule has 0 spiro atoms. The molecule has 0 aliphatic carbocycles. The average Bonchev–Trinajstić information content (AvgIpc) is 2.30. The van der Waals surface area contributed by atoms with Crippen molar-refractivity contribution in [1.82, 2.24) is 0 Å². The van der Waals surface area contributed by atoms with Crippen LogP contribution in [0.25, 0.3) is 0 Å². The first kappa shape index (κ1) is 13.2. The number of carbonyl (C=O) groups is 1. The Labute approximate surface area is 103 Å². The Morgan fingerprint density at radius 1 is 1.47 bits per heavy atom. The SMILES string of the molecule is CCN(C(=O)C(C)(C)C#N)c1cccc(C)c1. The van der Waals surface area contributed by atoms with Gasteiger partial charge in [-0.3, -0.25) is 4.79 Å². The fourth-order valence-corrected chi connectivity index (χ4v) is 1.62. The van der Waals surface area contributed by atoms with Gasteiger partial charge in [0.2, 0.25) is 5.91 Å². The third-order valence-electron chi connectivity index (χ3n) is 2.69. The summed E-state index contributed by atoms with van der Waals surface area (Å²) < 4.78 is 0. The summed E-state index contributed by atoms with van der Waals surface area (Å²) in [5.41, 5.74) is 0.962. The van der Waals surface area contributed by atoms with Crippen LogP contribution in [0.15, 0.2) is 24.3 Å². The molecule has 0 N–H and O–H groups in total. The summed E-state index contributed by atoms with van der Waals surface area (Å²) in [7, 11) is 0. The number of nitriles is 1. The van der Waals surface area contributed by atoms with Crippen molar-refractivity contribution in [2.45, 2.75) is 27.7 Å². The van der Waals surface area contributed by atoms with Gasteiger partial charge in [0.15, 0.2) is 0 Å². The zero-order valence-electron chi connectivity index (χ0n) is 10.8. The number of rotatable bonds is 3. The normalized spacial score (nSPS) is 10.8. The molecule has 1 amide bonds. The molecule has 0 saturated heterocycles. The van der Waals surface area contributed by atoms with E-state index in [9.17, 15) is 4.79 Å². The fraction of sp³-hybridized carbons (Fsp3) is 0.429. The summed E-state index contributed by atoms with van der Waals surface area (Å²) in [5, 5.41) is 9.01. The van der Waals surface area contributed by atoms with Crippen molar-refractivity contribution >= 4 is 11.6 Å². The van der Waals surface area contributed by atoms with Crippen LogP contribution >= 0.6 is 0 Å². The smallest absolute Gasteiger partial charge is 0.246 e. The molecule has 0 bridgehead atoms. The van der Waals surface area contributed by atoms with E-state index in [0.29, 0.717) is 6.54 Å². The molecule has 3 nitrogen and oxygen atoms in total. The van der Waals surface area contributed by atoms with Crippen LogP contribution in [0.3, 0.4) is 0 Å². The van der Waals surface area contributed by atoms with Gasteiger partial charge in [-0.05, 0) is 45.4 Å². The molecule has 90 valence electrons. The molecule has 0 aliphatic rings. The standard InChI is InChI=1S/C14H18N2O/c1-5-16(13(17)14(3,4)10-15)12-8-6-7-11(2)9-12/h6-9H,5H2,1-4H3. The molecule has 0 saturated carbocycles. The summed E-state index contributed by atoms with van der Waals surface area (Å²) in [6, 6.07) is 9.79. The van der Waals surface area contributed by atoms with Gasteiger partial charge >= 0.3 is 0 Å². The van der Waals surface area contributed by atoms with Crippen molar-refractivity contribution < 1.29 is 4.79 Å². The Bertz CT molecular complexity index is 458. The van der Waals surface area contributed by atoms with Gasteiger partial charge in [-0.25, -0.2) is 0 Å². The van der Waals surface area contributed by atoms with Crippen LogP contribution in [-0.4, -0.2) is 12.5 Å². The van der Waals surface area contributed by atoms with Crippen molar-refractivity contribution in [3.8, 4) is 6.07 Å². The monoisotopic (exact) mass is 230 g/mol. The van der Waals surface area contributed by atoms with Gasteiger partial charge < -0.3 is 4.90 Å². The zero-order valence-corrected chi connectivity index (χ0v) is 10.8. The molecule has 1 rings (SSSR count). The number of anilines is 1. The van der Waals surface area contributed by atoms with E-state index in [1.54, 1.807) is 18.7 Å². The molecular weight excluding hydrogens is 212 g/mol. The highest BCUT2D eigenvalue weighted by Gasteiger charge is 2.32. The van der Waals surface area contributed by atoms with Gasteiger partial charge in [-0.2, -0.15) is 5.26 Å². The molecule has 0 aliphatic heterocycles.